The second kappa shape index (κ2) is 3.91. The molecule has 1 aromatic heterocycles. The van der Waals surface area contributed by atoms with Crippen LogP contribution in [0, 0.1) is 12.7 Å². The number of anilines is 2. The van der Waals surface area contributed by atoms with Crippen molar-refractivity contribution in [3.63, 3.8) is 0 Å². The number of fused-ring (bicyclic) bond motifs is 1. The molecule has 1 aliphatic heterocycles. The van der Waals surface area contributed by atoms with Crippen LogP contribution in [-0.2, 0) is 11.2 Å². The van der Waals surface area contributed by atoms with Crippen molar-refractivity contribution >= 4 is 17.4 Å². The maximum absolute atomic E-state index is 13.1. The monoisotopic (exact) mass is 242 g/mol. The number of nitrogens with zero attached hydrogens (tertiary/aromatic N) is 2. The Balaban J connectivity index is 2.12. The number of amides is 1. The van der Waals surface area contributed by atoms with Gasteiger partial charge in [0.05, 0.1) is 12.1 Å². The van der Waals surface area contributed by atoms with E-state index in [0.717, 1.165) is 11.4 Å². The van der Waals surface area contributed by atoms with E-state index in [1.807, 2.05) is 19.1 Å². The van der Waals surface area contributed by atoms with Crippen LogP contribution in [0.3, 0.4) is 0 Å². The van der Waals surface area contributed by atoms with Crippen molar-refractivity contribution in [2.24, 2.45) is 0 Å². The van der Waals surface area contributed by atoms with Gasteiger partial charge in [0.15, 0.2) is 0 Å². The number of carbonyl (C=O) groups is 1. The van der Waals surface area contributed by atoms with Crippen LogP contribution in [-0.4, -0.2) is 10.9 Å². The summed E-state index contributed by atoms with van der Waals surface area (Å²) < 4.78 is 13.1. The third kappa shape index (κ3) is 1.66. The highest BCUT2D eigenvalue weighted by atomic mass is 19.1. The zero-order chi connectivity index (χ0) is 12.7. The molecule has 0 spiro atoms. The van der Waals surface area contributed by atoms with Crippen LogP contribution < -0.4 is 4.90 Å². The van der Waals surface area contributed by atoms with Gasteiger partial charge in [0.1, 0.15) is 11.6 Å². The molecule has 1 aromatic carbocycles. The van der Waals surface area contributed by atoms with Crippen molar-refractivity contribution < 1.29 is 9.18 Å². The molecule has 4 heteroatoms. The maximum atomic E-state index is 13.1. The molecule has 1 aliphatic rings. The molecule has 0 aliphatic carbocycles. The van der Waals surface area contributed by atoms with Gasteiger partial charge in [0, 0.05) is 5.69 Å². The lowest BCUT2D eigenvalue weighted by Crippen LogP contribution is -2.21. The van der Waals surface area contributed by atoms with Crippen LogP contribution in [0.4, 0.5) is 15.9 Å². The van der Waals surface area contributed by atoms with Gasteiger partial charge in [0.2, 0.25) is 5.91 Å². The minimum absolute atomic E-state index is 0.0753. The molecule has 2 heterocycles. The minimum Gasteiger partial charge on any atom is -0.274 e. The van der Waals surface area contributed by atoms with E-state index in [1.54, 1.807) is 17.0 Å². The molecule has 1 amide bonds. The first-order valence-electron chi connectivity index (χ1n) is 5.70. The lowest BCUT2D eigenvalue weighted by molar-refractivity contribution is -0.116. The Morgan fingerprint density at radius 1 is 1.28 bits per heavy atom. The smallest absolute Gasteiger partial charge is 0.237 e. The molecular weight excluding hydrogens is 231 g/mol. The summed E-state index contributed by atoms with van der Waals surface area (Å²) in [5.74, 6) is 0.194. The van der Waals surface area contributed by atoms with E-state index in [0.29, 0.717) is 11.4 Å². The topological polar surface area (TPSA) is 33.2 Å². The Kier molecular flexibility index (Phi) is 2.37. The molecular formula is C14H11FN2O. The number of carbonyl (C=O) groups excluding carboxylic acids is 1. The minimum atomic E-state index is -0.319. The van der Waals surface area contributed by atoms with Crippen LogP contribution in [0.15, 0.2) is 36.4 Å². The van der Waals surface area contributed by atoms with Gasteiger partial charge in [-0.25, -0.2) is 9.37 Å². The van der Waals surface area contributed by atoms with Crippen molar-refractivity contribution in [3.05, 3.63) is 53.5 Å². The molecule has 0 N–H and O–H groups in total. The molecule has 3 rings (SSSR count). The average molecular weight is 242 g/mol. The number of aromatic nitrogens is 1. The largest absolute Gasteiger partial charge is 0.274 e. The van der Waals surface area contributed by atoms with Gasteiger partial charge in [-0.1, -0.05) is 6.07 Å². The summed E-state index contributed by atoms with van der Waals surface area (Å²) >= 11 is 0. The van der Waals surface area contributed by atoms with Crippen LogP contribution >= 0.6 is 0 Å². The second-order valence-corrected chi connectivity index (χ2v) is 4.32. The van der Waals surface area contributed by atoms with Crippen molar-refractivity contribution in [2.75, 3.05) is 4.90 Å². The van der Waals surface area contributed by atoms with Crippen LogP contribution in [0.5, 0.6) is 0 Å². The fourth-order valence-electron chi connectivity index (χ4n) is 2.19. The summed E-state index contributed by atoms with van der Waals surface area (Å²) in [4.78, 5) is 17.9. The van der Waals surface area contributed by atoms with E-state index in [2.05, 4.69) is 4.98 Å². The molecule has 0 bridgehead atoms. The summed E-state index contributed by atoms with van der Waals surface area (Å²) in [5.41, 5.74) is 2.28. The number of rotatable bonds is 1. The second-order valence-electron chi connectivity index (χ2n) is 4.32. The van der Waals surface area contributed by atoms with E-state index >= 15 is 0 Å². The fraction of sp³-hybridized carbons (Fsp3) is 0.143. The average Bonchev–Trinajstić information content (AvgIpc) is 2.64. The fourth-order valence-corrected chi connectivity index (χ4v) is 2.19. The van der Waals surface area contributed by atoms with E-state index in [9.17, 15) is 9.18 Å². The highest BCUT2D eigenvalue weighted by molar-refractivity contribution is 6.06. The third-order valence-corrected chi connectivity index (χ3v) is 2.98. The standard InChI is InChI=1S/C14H11FN2O/c1-9-3-2-4-13(16-9)17-12-6-5-11(15)7-10(12)8-14(17)18/h2-7H,8H2,1H3. The quantitative estimate of drug-likeness (QED) is 0.770. The zero-order valence-corrected chi connectivity index (χ0v) is 9.85. The normalized spacial score (nSPS) is 13.9. The van der Waals surface area contributed by atoms with E-state index in [1.165, 1.54) is 12.1 Å². The number of benzene rings is 1. The summed E-state index contributed by atoms with van der Waals surface area (Å²) in [6.45, 7) is 1.87. The van der Waals surface area contributed by atoms with Gasteiger partial charge in [-0.05, 0) is 42.8 Å². The summed E-state index contributed by atoms with van der Waals surface area (Å²) in [5, 5.41) is 0. The molecule has 3 nitrogen and oxygen atoms in total. The molecule has 0 radical (unpaired) electrons. The van der Waals surface area contributed by atoms with Crippen molar-refractivity contribution in [2.45, 2.75) is 13.3 Å². The highest BCUT2D eigenvalue weighted by Crippen LogP contribution is 2.34. The summed E-state index contributed by atoms with van der Waals surface area (Å²) in [6, 6.07) is 9.90. The van der Waals surface area contributed by atoms with Crippen molar-refractivity contribution in [3.8, 4) is 0 Å². The lowest BCUT2D eigenvalue weighted by Gasteiger charge is -2.16. The number of hydrogen-bond donors (Lipinski definition) is 0. The van der Waals surface area contributed by atoms with Crippen LogP contribution in [0.25, 0.3) is 0 Å². The van der Waals surface area contributed by atoms with Crippen molar-refractivity contribution in [1.29, 1.82) is 0 Å². The van der Waals surface area contributed by atoms with Gasteiger partial charge in [-0.15, -0.1) is 0 Å². The summed E-state index contributed by atoms with van der Waals surface area (Å²) in [7, 11) is 0. The van der Waals surface area contributed by atoms with Gasteiger partial charge >= 0.3 is 0 Å². The van der Waals surface area contributed by atoms with Gasteiger partial charge in [-0.3, -0.25) is 9.69 Å². The predicted molar refractivity (Wildman–Crippen MR) is 66.2 cm³/mol. The Morgan fingerprint density at radius 3 is 2.89 bits per heavy atom. The number of aryl methyl sites for hydroxylation is 1. The molecule has 2 aromatic rings. The van der Waals surface area contributed by atoms with Crippen molar-refractivity contribution in [1.82, 2.24) is 4.98 Å². The molecule has 18 heavy (non-hydrogen) atoms. The number of pyridine rings is 1. The summed E-state index contributed by atoms with van der Waals surface area (Å²) in [6.07, 6.45) is 0.225. The Labute approximate surface area is 104 Å². The highest BCUT2D eigenvalue weighted by Gasteiger charge is 2.29. The SMILES string of the molecule is Cc1cccc(N2C(=O)Cc3cc(F)ccc32)n1. The van der Waals surface area contributed by atoms with Crippen LogP contribution in [0.1, 0.15) is 11.3 Å². The number of halogens is 1. The Morgan fingerprint density at radius 2 is 2.11 bits per heavy atom. The first-order chi connectivity index (χ1) is 8.65. The van der Waals surface area contributed by atoms with E-state index in [4.69, 9.17) is 0 Å². The molecule has 0 unspecified atom stereocenters. The van der Waals surface area contributed by atoms with E-state index < -0.39 is 0 Å². The first-order valence-corrected chi connectivity index (χ1v) is 5.70. The van der Waals surface area contributed by atoms with E-state index in [-0.39, 0.29) is 18.1 Å². The molecule has 0 atom stereocenters. The number of hydrogen-bond acceptors (Lipinski definition) is 2. The third-order valence-electron chi connectivity index (χ3n) is 2.98. The molecule has 90 valence electrons. The Bertz CT molecular complexity index is 639. The molecule has 0 saturated heterocycles. The molecule has 0 saturated carbocycles. The Hall–Kier alpha value is -2.23. The zero-order valence-electron chi connectivity index (χ0n) is 9.85. The van der Waals surface area contributed by atoms with Crippen LogP contribution in [0.2, 0.25) is 0 Å². The maximum Gasteiger partial charge on any atom is 0.237 e. The van der Waals surface area contributed by atoms with Gasteiger partial charge in [0.25, 0.3) is 0 Å². The lowest BCUT2D eigenvalue weighted by atomic mass is 10.1. The molecule has 0 fully saturated rings. The first kappa shape index (κ1) is 10.9. The van der Waals surface area contributed by atoms with Gasteiger partial charge in [-0.2, -0.15) is 0 Å². The van der Waals surface area contributed by atoms with Gasteiger partial charge < -0.3 is 0 Å². The predicted octanol–water partition coefficient (Wildman–Crippen LogP) is 2.75.